The SMILES string of the molecule is CCOC(=O)C1CCC(O)(CN=[N+]=[N-])CO1. The molecule has 7 nitrogen and oxygen atoms in total. The van der Waals surface area contributed by atoms with Gasteiger partial charge in [0, 0.05) is 4.91 Å². The van der Waals surface area contributed by atoms with Crippen molar-refractivity contribution >= 4 is 5.97 Å². The third-order valence-electron chi connectivity index (χ3n) is 2.40. The van der Waals surface area contributed by atoms with Gasteiger partial charge in [-0.25, -0.2) is 4.79 Å². The number of ether oxygens (including phenoxy) is 2. The quantitative estimate of drug-likeness (QED) is 0.332. The van der Waals surface area contributed by atoms with Gasteiger partial charge < -0.3 is 14.6 Å². The van der Waals surface area contributed by atoms with Gasteiger partial charge in [0.15, 0.2) is 6.10 Å². The first kappa shape index (κ1) is 12.8. The van der Waals surface area contributed by atoms with Crippen molar-refractivity contribution in [2.45, 2.75) is 31.5 Å². The molecule has 1 heterocycles. The van der Waals surface area contributed by atoms with Crippen molar-refractivity contribution in [2.24, 2.45) is 5.11 Å². The Morgan fingerprint density at radius 1 is 1.81 bits per heavy atom. The van der Waals surface area contributed by atoms with Crippen LogP contribution in [0.1, 0.15) is 19.8 Å². The Hall–Kier alpha value is -1.30. The fourth-order valence-corrected chi connectivity index (χ4v) is 1.52. The van der Waals surface area contributed by atoms with E-state index in [-0.39, 0.29) is 13.2 Å². The molecule has 1 fully saturated rings. The molecule has 0 saturated carbocycles. The number of carbonyl (C=O) groups is 1. The van der Waals surface area contributed by atoms with Crippen LogP contribution >= 0.6 is 0 Å². The maximum Gasteiger partial charge on any atom is 0.335 e. The molecule has 0 aromatic carbocycles. The summed E-state index contributed by atoms with van der Waals surface area (Å²) in [5, 5.41) is 13.2. The molecule has 0 aromatic rings. The Morgan fingerprint density at radius 2 is 2.56 bits per heavy atom. The molecule has 16 heavy (non-hydrogen) atoms. The number of esters is 1. The van der Waals surface area contributed by atoms with Gasteiger partial charge in [0.2, 0.25) is 0 Å². The van der Waals surface area contributed by atoms with E-state index in [0.29, 0.717) is 19.4 Å². The number of azide groups is 1. The van der Waals surface area contributed by atoms with Crippen LogP contribution in [0.2, 0.25) is 0 Å². The molecule has 2 unspecified atom stereocenters. The second-order valence-electron chi connectivity index (χ2n) is 3.70. The standard InChI is InChI=1S/C9H15N3O4/c1-2-15-8(13)7-3-4-9(14,6-16-7)5-11-12-10/h7,14H,2-6H2,1H3. The van der Waals surface area contributed by atoms with E-state index < -0.39 is 17.7 Å². The Bertz CT molecular complexity index is 293. The smallest absolute Gasteiger partial charge is 0.335 e. The minimum absolute atomic E-state index is 0.0184. The fourth-order valence-electron chi connectivity index (χ4n) is 1.52. The zero-order valence-electron chi connectivity index (χ0n) is 9.13. The monoisotopic (exact) mass is 229 g/mol. The van der Waals surface area contributed by atoms with Crippen molar-refractivity contribution in [3.8, 4) is 0 Å². The zero-order chi connectivity index (χ0) is 12.0. The highest BCUT2D eigenvalue weighted by atomic mass is 16.6. The van der Waals surface area contributed by atoms with Crippen molar-refractivity contribution in [3.05, 3.63) is 10.4 Å². The van der Waals surface area contributed by atoms with Crippen LogP contribution < -0.4 is 0 Å². The molecule has 2 atom stereocenters. The molecular weight excluding hydrogens is 214 g/mol. The lowest BCUT2D eigenvalue weighted by Gasteiger charge is -2.33. The molecule has 90 valence electrons. The van der Waals surface area contributed by atoms with Crippen LogP contribution in [0.4, 0.5) is 0 Å². The molecule has 0 aliphatic carbocycles. The fraction of sp³-hybridized carbons (Fsp3) is 0.889. The Balaban J connectivity index is 2.43. The summed E-state index contributed by atoms with van der Waals surface area (Å²) in [7, 11) is 0. The summed E-state index contributed by atoms with van der Waals surface area (Å²) in [6.45, 7) is 1.97. The first-order chi connectivity index (χ1) is 7.61. The van der Waals surface area contributed by atoms with Crippen LogP contribution in [0.15, 0.2) is 5.11 Å². The number of hydrogen-bond donors (Lipinski definition) is 1. The molecule has 7 heteroatoms. The highest BCUT2D eigenvalue weighted by Crippen LogP contribution is 2.24. The largest absolute Gasteiger partial charge is 0.464 e. The lowest BCUT2D eigenvalue weighted by atomic mass is 9.94. The van der Waals surface area contributed by atoms with Crippen molar-refractivity contribution in [3.63, 3.8) is 0 Å². The molecule has 1 saturated heterocycles. The molecule has 1 aliphatic heterocycles. The second-order valence-corrected chi connectivity index (χ2v) is 3.70. The van der Waals surface area contributed by atoms with Crippen molar-refractivity contribution in [1.82, 2.24) is 0 Å². The molecule has 0 radical (unpaired) electrons. The van der Waals surface area contributed by atoms with Crippen LogP contribution in [-0.4, -0.2) is 42.5 Å². The summed E-state index contributed by atoms with van der Waals surface area (Å²) in [6, 6.07) is 0. The van der Waals surface area contributed by atoms with Gasteiger partial charge in [0.05, 0.1) is 25.4 Å². The molecule has 0 spiro atoms. The third kappa shape index (κ3) is 3.37. The number of rotatable bonds is 4. The van der Waals surface area contributed by atoms with Gasteiger partial charge in [-0.05, 0) is 25.3 Å². The first-order valence-corrected chi connectivity index (χ1v) is 5.13. The van der Waals surface area contributed by atoms with E-state index in [4.69, 9.17) is 15.0 Å². The minimum atomic E-state index is -1.16. The van der Waals surface area contributed by atoms with Crippen LogP contribution in [0.3, 0.4) is 0 Å². The maximum absolute atomic E-state index is 11.3. The molecule has 0 amide bonds. The molecule has 1 rings (SSSR count). The summed E-state index contributed by atoms with van der Waals surface area (Å²) in [4.78, 5) is 13.9. The Morgan fingerprint density at radius 3 is 3.06 bits per heavy atom. The van der Waals surface area contributed by atoms with Crippen molar-refractivity contribution < 1.29 is 19.4 Å². The van der Waals surface area contributed by atoms with Gasteiger partial charge in [-0.15, -0.1) is 0 Å². The van der Waals surface area contributed by atoms with Gasteiger partial charge in [0.1, 0.15) is 0 Å². The van der Waals surface area contributed by atoms with Gasteiger partial charge in [-0.1, -0.05) is 5.11 Å². The average Bonchev–Trinajstić information content (AvgIpc) is 2.28. The molecular formula is C9H15N3O4. The number of aliphatic hydroxyl groups is 1. The molecule has 1 N–H and O–H groups in total. The van der Waals surface area contributed by atoms with Crippen LogP contribution in [0.5, 0.6) is 0 Å². The van der Waals surface area contributed by atoms with Crippen molar-refractivity contribution in [2.75, 3.05) is 19.8 Å². The van der Waals surface area contributed by atoms with Crippen LogP contribution in [0.25, 0.3) is 10.4 Å². The summed E-state index contributed by atoms with van der Waals surface area (Å²) < 4.78 is 10.0. The summed E-state index contributed by atoms with van der Waals surface area (Å²) in [5.41, 5.74) is 7.00. The summed E-state index contributed by atoms with van der Waals surface area (Å²) >= 11 is 0. The second kappa shape index (κ2) is 5.69. The number of hydrogen-bond acceptors (Lipinski definition) is 5. The number of carbonyl (C=O) groups excluding carboxylic acids is 1. The highest BCUT2D eigenvalue weighted by Gasteiger charge is 2.36. The predicted octanol–water partition coefficient (Wildman–Crippen LogP) is 0.770. The van der Waals surface area contributed by atoms with E-state index in [9.17, 15) is 9.90 Å². The Kier molecular flexibility index (Phi) is 4.54. The van der Waals surface area contributed by atoms with E-state index in [1.165, 1.54) is 0 Å². The van der Waals surface area contributed by atoms with E-state index >= 15 is 0 Å². The van der Waals surface area contributed by atoms with Gasteiger partial charge in [-0.2, -0.15) is 0 Å². The molecule has 1 aliphatic rings. The lowest BCUT2D eigenvalue weighted by molar-refractivity contribution is -0.171. The number of nitrogens with zero attached hydrogens (tertiary/aromatic N) is 3. The first-order valence-electron chi connectivity index (χ1n) is 5.13. The van der Waals surface area contributed by atoms with Crippen molar-refractivity contribution in [1.29, 1.82) is 0 Å². The average molecular weight is 229 g/mol. The summed E-state index contributed by atoms with van der Waals surface area (Å²) in [6.07, 6.45) is 0.109. The van der Waals surface area contributed by atoms with E-state index in [2.05, 4.69) is 10.0 Å². The topological polar surface area (TPSA) is 105 Å². The molecule has 0 bridgehead atoms. The normalized spacial score (nSPS) is 29.2. The third-order valence-corrected chi connectivity index (χ3v) is 2.40. The summed E-state index contributed by atoms with van der Waals surface area (Å²) in [5.74, 6) is -0.409. The van der Waals surface area contributed by atoms with Gasteiger partial charge in [0.25, 0.3) is 0 Å². The van der Waals surface area contributed by atoms with Gasteiger partial charge >= 0.3 is 5.97 Å². The predicted molar refractivity (Wildman–Crippen MR) is 54.6 cm³/mol. The minimum Gasteiger partial charge on any atom is -0.464 e. The van der Waals surface area contributed by atoms with E-state index in [0.717, 1.165) is 0 Å². The molecule has 0 aromatic heterocycles. The Labute approximate surface area is 93.0 Å². The van der Waals surface area contributed by atoms with E-state index in [1.54, 1.807) is 6.92 Å². The lowest BCUT2D eigenvalue weighted by Crippen LogP contribution is -2.46. The zero-order valence-corrected chi connectivity index (χ0v) is 9.13. The van der Waals surface area contributed by atoms with Crippen LogP contribution in [0, 0.1) is 0 Å². The van der Waals surface area contributed by atoms with Crippen LogP contribution in [-0.2, 0) is 14.3 Å². The maximum atomic E-state index is 11.3. The van der Waals surface area contributed by atoms with Gasteiger partial charge in [-0.3, -0.25) is 0 Å². The van der Waals surface area contributed by atoms with E-state index in [1.807, 2.05) is 0 Å². The highest BCUT2D eigenvalue weighted by molar-refractivity contribution is 5.74.